The fourth-order valence-corrected chi connectivity index (χ4v) is 0.538. The first-order valence-corrected chi connectivity index (χ1v) is 3.34. The predicted octanol–water partition coefficient (Wildman–Crippen LogP) is 1.98. The lowest BCUT2D eigenvalue weighted by Gasteiger charge is -1.98. The zero-order valence-corrected chi connectivity index (χ0v) is 5.74. The Bertz CT molecular complexity index is 42.2. The Hall–Kier alpha value is -0.110. The Labute approximate surface area is 56.2 Å². The summed E-state index contributed by atoms with van der Waals surface area (Å²) in [4.78, 5) is 0. The Kier molecular flexibility index (Phi) is 7.79. The van der Waals surface area contributed by atoms with Gasteiger partial charge in [-0.1, -0.05) is 19.8 Å². The van der Waals surface area contributed by atoms with Crippen molar-refractivity contribution >= 4 is 0 Å². The van der Waals surface area contributed by atoms with Crippen molar-refractivity contribution in [3.05, 3.63) is 6.92 Å². The second-order valence-electron chi connectivity index (χ2n) is 1.86. The summed E-state index contributed by atoms with van der Waals surface area (Å²) in [6.07, 6.45) is 3.02. The second-order valence-corrected chi connectivity index (χ2v) is 1.86. The minimum absolute atomic E-state index is 0.247. The number of hydrogen-bond acceptors (Lipinski definition) is 1. The molecule has 0 heterocycles. The van der Waals surface area contributed by atoms with Crippen LogP contribution in [0.1, 0.15) is 19.3 Å². The fourth-order valence-electron chi connectivity index (χ4n) is 0.538. The van der Waals surface area contributed by atoms with Crippen molar-refractivity contribution < 1.29 is 9.13 Å². The molecular formula is C7H14FO. The van der Waals surface area contributed by atoms with E-state index in [4.69, 9.17) is 4.74 Å². The average molecular weight is 133 g/mol. The van der Waals surface area contributed by atoms with E-state index in [2.05, 4.69) is 6.92 Å². The van der Waals surface area contributed by atoms with Gasteiger partial charge >= 0.3 is 0 Å². The maximum Gasteiger partial charge on any atom is 0.113 e. The van der Waals surface area contributed by atoms with E-state index in [1.54, 1.807) is 0 Å². The highest BCUT2D eigenvalue weighted by Crippen LogP contribution is 1.92. The van der Waals surface area contributed by atoms with Gasteiger partial charge < -0.3 is 4.74 Å². The van der Waals surface area contributed by atoms with Crippen LogP contribution < -0.4 is 0 Å². The van der Waals surface area contributed by atoms with Gasteiger partial charge in [0.25, 0.3) is 0 Å². The molecule has 0 aliphatic carbocycles. The molecule has 0 aliphatic heterocycles. The molecule has 0 saturated carbocycles. The molecule has 0 aromatic rings. The number of hydrogen-bond donors (Lipinski definition) is 0. The molecule has 9 heavy (non-hydrogen) atoms. The highest BCUT2D eigenvalue weighted by Gasteiger charge is 1.85. The Balaban J connectivity index is 2.60. The molecule has 1 nitrogen and oxygen atoms in total. The van der Waals surface area contributed by atoms with Crippen LogP contribution in [0.3, 0.4) is 0 Å². The molecule has 55 valence electrons. The maximum absolute atomic E-state index is 11.4. The molecule has 2 heteroatoms. The third-order valence-corrected chi connectivity index (χ3v) is 1.01. The molecule has 0 aromatic heterocycles. The van der Waals surface area contributed by atoms with Crippen LogP contribution in [-0.2, 0) is 4.74 Å². The van der Waals surface area contributed by atoms with Gasteiger partial charge in [0.2, 0.25) is 0 Å². The number of rotatable bonds is 6. The van der Waals surface area contributed by atoms with Gasteiger partial charge in [-0.3, -0.25) is 0 Å². The highest BCUT2D eigenvalue weighted by molar-refractivity contribution is 4.41. The molecule has 0 aliphatic rings. The number of unbranched alkanes of at least 4 members (excludes halogenated alkanes) is 2. The molecule has 0 unspecified atom stereocenters. The van der Waals surface area contributed by atoms with Crippen molar-refractivity contribution in [2.75, 3.05) is 19.9 Å². The number of ether oxygens (including phenoxy) is 1. The molecule has 0 amide bonds. The molecule has 0 rings (SSSR count). The highest BCUT2D eigenvalue weighted by atomic mass is 19.1. The van der Waals surface area contributed by atoms with Crippen LogP contribution >= 0.6 is 0 Å². The topological polar surface area (TPSA) is 9.23 Å². The van der Waals surface area contributed by atoms with E-state index in [1.807, 2.05) is 0 Å². The first-order valence-electron chi connectivity index (χ1n) is 3.34. The quantitative estimate of drug-likeness (QED) is 0.503. The molecule has 0 atom stereocenters. The van der Waals surface area contributed by atoms with Crippen molar-refractivity contribution in [3.63, 3.8) is 0 Å². The van der Waals surface area contributed by atoms with E-state index in [9.17, 15) is 4.39 Å². The molecular weight excluding hydrogens is 119 g/mol. The standard InChI is InChI=1S/C7H14FO/c1-2-3-4-6-9-7-5-8/h1-7H2. The van der Waals surface area contributed by atoms with Crippen LogP contribution in [0.15, 0.2) is 0 Å². The summed E-state index contributed by atoms with van der Waals surface area (Å²) in [5.74, 6) is 0. The lowest BCUT2D eigenvalue weighted by atomic mass is 10.3. The molecule has 1 radical (unpaired) electrons. The average Bonchev–Trinajstić information content (AvgIpc) is 1.89. The first-order chi connectivity index (χ1) is 4.41. The summed E-state index contributed by atoms with van der Waals surface area (Å²) in [6, 6.07) is 0. The molecule has 0 spiro atoms. The van der Waals surface area contributed by atoms with E-state index < -0.39 is 0 Å². The molecule has 0 aromatic carbocycles. The van der Waals surface area contributed by atoms with Crippen LogP contribution in [0, 0.1) is 6.92 Å². The van der Waals surface area contributed by atoms with Crippen molar-refractivity contribution in [1.82, 2.24) is 0 Å². The number of alkyl halides is 1. The Morgan fingerprint density at radius 3 is 2.56 bits per heavy atom. The van der Waals surface area contributed by atoms with Gasteiger partial charge in [-0.2, -0.15) is 0 Å². The van der Waals surface area contributed by atoms with Crippen molar-refractivity contribution in [3.8, 4) is 0 Å². The van der Waals surface area contributed by atoms with Crippen molar-refractivity contribution in [2.45, 2.75) is 19.3 Å². The number of halogens is 1. The zero-order chi connectivity index (χ0) is 6.95. The van der Waals surface area contributed by atoms with Gasteiger partial charge in [0.1, 0.15) is 6.67 Å². The van der Waals surface area contributed by atoms with Crippen LogP contribution in [0.4, 0.5) is 4.39 Å². The van der Waals surface area contributed by atoms with Gasteiger partial charge in [-0.05, 0) is 6.42 Å². The normalized spacial score (nSPS) is 10.0. The molecule has 0 saturated heterocycles. The van der Waals surface area contributed by atoms with E-state index in [0.29, 0.717) is 6.61 Å². The second kappa shape index (κ2) is 7.89. The molecule has 0 N–H and O–H groups in total. The van der Waals surface area contributed by atoms with Crippen molar-refractivity contribution in [2.24, 2.45) is 0 Å². The third kappa shape index (κ3) is 7.89. The van der Waals surface area contributed by atoms with E-state index in [0.717, 1.165) is 19.3 Å². The zero-order valence-electron chi connectivity index (χ0n) is 5.74. The summed E-state index contributed by atoms with van der Waals surface area (Å²) in [5.41, 5.74) is 0. The van der Waals surface area contributed by atoms with Crippen LogP contribution in [0.25, 0.3) is 0 Å². The van der Waals surface area contributed by atoms with Crippen LogP contribution in [-0.4, -0.2) is 19.9 Å². The minimum atomic E-state index is -0.371. The first kappa shape index (κ1) is 8.89. The third-order valence-electron chi connectivity index (χ3n) is 1.01. The van der Waals surface area contributed by atoms with Crippen LogP contribution in [0.2, 0.25) is 0 Å². The summed E-state index contributed by atoms with van der Waals surface area (Å²) >= 11 is 0. The monoisotopic (exact) mass is 133 g/mol. The van der Waals surface area contributed by atoms with Gasteiger partial charge in [-0.15, -0.1) is 0 Å². The largest absolute Gasteiger partial charge is 0.379 e. The minimum Gasteiger partial charge on any atom is -0.379 e. The lowest BCUT2D eigenvalue weighted by Crippen LogP contribution is -1.97. The van der Waals surface area contributed by atoms with Gasteiger partial charge in [-0.25, -0.2) is 4.39 Å². The predicted molar refractivity (Wildman–Crippen MR) is 36.0 cm³/mol. The van der Waals surface area contributed by atoms with E-state index in [-0.39, 0.29) is 13.3 Å². The SMILES string of the molecule is [CH2]CCCCOCCF. The summed E-state index contributed by atoms with van der Waals surface area (Å²) in [7, 11) is 0. The van der Waals surface area contributed by atoms with Gasteiger partial charge in [0, 0.05) is 6.61 Å². The summed E-state index contributed by atoms with van der Waals surface area (Å²) < 4.78 is 16.2. The smallest absolute Gasteiger partial charge is 0.113 e. The Morgan fingerprint density at radius 1 is 1.22 bits per heavy atom. The molecule has 0 bridgehead atoms. The van der Waals surface area contributed by atoms with Gasteiger partial charge in [0.15, 0.2) is 0 Å². The summed E-state index contributed by atoms with van der Waals surface area (Å²) in [5, 5.41) is 0. The van der Waals surface area contributed by atoms with E-state index in [1.165, 1.54) is 0 Å². The van der Waals surface area contributed by atoms with Crippen LogP contribution in [0.5, 0.6) is 0 Å². The lowest BCUT2D eigenvalue weighted by molar-refractivity contribution is 0.116. The van der Waals surface area contributed by atoms with Gasteiger partial charge in [0.05, 0.1) is 6.61 Å². The fraction of sp³-hybridized carbons (Fsp3) is 0.857. The maximum atomic E-state index is 11.4. The Morgan fingerprint density at radius 2 is 2.00 bits per heavy atom. The van der Waals surface area contributed by atoms with Crippen molar-refractivity contribution in [1.29, 1.82) is 0 Å². The van der Waals surface area contributed by atoms with E-state index >= 15 is 0 Å². The molecule has 0 fully saturated rings. The summed E-state index contributed by atoms with van der Waals surface area (Å²) in [6.45, 7) is 4.23.